The highest BCUT2D eigenvalue weighted by atomic mass is 35.5. The van der Waals surface area contributed by atoms with Crippen LogP contribution in [-0.4, -0.2) is 10.7 Å². The van der Waals surface area contributed by atoms with Crippen LogP contribution >= 0.6 is 11.6 Å². The van der Waals surface area contributed by atoms with Crippen molar-refractivity contribution in [3.63, 3.8) is 0 Å². The Hall–Kier alpha value is -1.09. The Morgan fingerprint density at radius 1 is 1.50 bits per heavy atom. The molecule has 0 aliphatic heterocycles. The quantitative estimate of drug-likeness (QED) is 0.522. The third-order valence-electron chi connectivity index (χ3n) is 1.26. The highest BCUT2D eigenvalue weighted by Crippen LogP contribution is 2.11. The van der Waals surface area contributed by atoms with Crippen molar-refractivity contribution < 1.29 is 4.84 Å². The summed E-state index contributed by atoms with van der Waals surface area (Å²) >= 11 is 5.19. The first-order chi connectivity index (χ1) is 5.72. The maximum atomic E-state index is 5.19. The van der Waals surface area contributed by atoms with Crippen molar-refractivity contribution in [1.82, 2.24) is 4.98 Å². The molecule has 0 saturated heterocycles. The van der Waals surface area contributed by atoms with Crippen molar-refractivity contribution in [1.29, 1.82) is 0 Å². The van der Waals surface area contributed by atoms with Gasteiger partial charge in [0.1, 0.15) is 5.67 Å². The van der Waals surface area contributed by atoms with Crippen LogP contribution in [0.1, 0.15) is 11.3 Å². The van der Waals surface area contributed by atoms with Gasteiger partial charge in [0.15, 0.2) is 0 Å². The smallest absolute Gasteiger partial charge is 0.249 e. The van der Waals surface area contributed by atoms with Crippen LogP contribution in [0.15, 0.2) is 17.3 Å². The van der Waals surface area contributed by atoms with Crippen LogP contribution in [0.5, 0.6) is 5.88 Å². The molecule has 4 heteroatoms. The molecule has 0 atom stereocenters. The molecule has 0 amide bonds. The first-order valence-electron chi connectivity index (χ1n) is 3.47. The molecule has 0 bridgehead atoms. The molecule has 0 spiro atoms. The summed E-state index contributed by atoms with van der Waals surface area (Å²) in [5.41, 5.74) is 3.04. The Morgan fingerprint density at radius 2 is 2.25 bits per heavy atom. The summed E-state index contributed by atoms with van der Waals surface area (Å²) < 4.78 is 0. The molecular formula is C8H9ClN2O. The van der Waals surface area contributed by atoms with Gasteiger partial charge in [-0.1, -0.05) is 16.8 Å². The Kier molecular flexibility index (Phi) is 3.05. The minimum atomic E-state index is 0.462. The van der Waals surface area contributed by atoms with Gasteiger partial charge in [-0.05, 0) is 25.5 Å². The molecule has 3 nitrogen and oxygen atoms in total. The fourth-order valence-corrected chi connectivity index (χ4v) is 0.965. The summed E-state index contributed by atoms with van der Waals surface area (Å²) in [6, 6.07) is 3.74. The molecule has 1 rings (SSSR count). The standard InChI is InChI=1S/C8H9ClN2O/c1-6-3-7(2)11-8(4-6)12-10-5-9/h3-5H,1-2H3. The zero-order valence-corrected chi connectivity index (χ0v) is 7.67. The lowest BCUT2D eigenvalue weighted by molar-refractivity contribution is 0.330. The zero-order valence-electron chi connectivity index (χ0n) is 6.91. The Balaban J connectivity index is 2.85. The monoisotopic (exact) mass is 184 g/mol. The maximum absolute atomic E-state index is 5.19. The van der Waals surface area contributed by atoms with E-state index in [4.69, 9.17) is 16.4 Å². The second kappa shape index (κ2) is 4.07. The van der Waals surface area contributed by atoms with E-state index in [1.165, 1.54) is 0 Å². The Labute approximate surface area is 76.0 Å². The summed E-state index contributed by atoms with van der Waals surface area (Å²) in [6.45, 7) is 3.86. The number of halogens is 1. The number of pyridine rings is 1. The highest BCUT2D eigenvalue weighted by Gasteiger charge is 1.96. The second-order valence-electron chi connectivity index (χ2n) is 2.42. The van der Waals surface area contributed by atoms with E-state index in [1.807, 2.05) is 19.9 Å². The first-order valence-corrected chi connectivity index (χ1v) is 3.90. The molecule has 0 aromatic carbocycles. The van der Waals surface area contributed by atoms with Gasteiger partial charge in [0.05, 0.1) is 0 Å². The summed E-state index contributed by atoms with van der Waals surface area (Å²) in [6.07, 6.45) is 0. The molecule has 0 radical (unpaired) electrons. The average molecular weight is 185 g/mol. The minimum Gasteiger partial charge on any atom is -0.336 e. The molecule has 0 saturated carbocycles. The lowest BCUT2D eigenvalue weighted by Gasteiger charge is -1.99. The van der Waals surface area contributed by atoms with Gasteiger partial charge in [0, 0.05) is 11.8 Å². The van der Waals surface area contributed by atoms with E-state index in [-0.39, 0.29) is 0 Å². The van der Waals surface area contributed by atoms with E-state index in [9.17, 15) is 0 Å². The van der Waals surface area contributed by atoms with Gasteiger partial charge in [-0.3, -0.25) is 0 Å². The van der Waals surface area contributed by atoms with E-state index in [0.29, 0.717) is 5.88 Å². The van der Waals surface area contributed by atoms with Gasteiger partial charge in [0.2, 0.25) is 5.88 Å². The molecular weight excluding hydrogens is 176 g/mol. The fourth-order valence-electron chi connectivity index (χ4n) is 0.925. The SMILES string of the molecule is Cc1cc(C)nc(ON=CCl)c1. The number of oxime groups is 1. The van der Waals surface area contributed by atoms with Crippen molar-refractivity contribution >= 4 is 17.3 Å². The number of nitrogens with zero attached hydrogens (tertiary/aromatic N) is 2. The predicted octanol–water partition coefficient (Wildman–Crippen LogP) is 2.26. The predicted molar refractivity (Wildman–Crippen MR) is 48.7 cm³/mol. The third-order valence-corrected chi connectivity index (χ3v) is 1.34. The van der Waals surface area contributed by atoms with Crippen LogP contribution in [0.2, 0.25) is 0 Å². The molecule has 0 aliphatic carbocycles. The van der Waals surface area contributed by atoms with E-state index in [1.54, 1.807) is 6.07 Å². The van der Waals surface area contributed by atoms with Crippen LogP contribution in [0, 0.1) is 13.8 Å². The lowest BCUT2D eigenvalue weighted by Crippen LogP contribution is -1.90. The Bertz CT molecular complexity index is 279. The summed E-state index contributed by atoms with van der Waals surface area (Å²) in [7, 11) is 0. The van der Waals surface area contributed by atoms with Crippen LogP contribution in [0.25, 0.3) is 0 Å². The first kappa shape index (κ1) is 9.00. The number of aromatic nitrogens is 1. The average Bonchev–Trinajstić information content (AvgIpc) is 1.99. The van der Waals surface area contributed by atoms with E-state index in [2.05, 4.69) is 10.1 Å². The largest absolute Gasteiger partial charge is 0.336 e. The Morgan fingerprint density at radius 3 is 2.83 bits per heavy atom. The molecule has 0 aliphatic rings. The summed E-state index contributed by atoms with van der Waals surface area (Å²) in [5, 5.41) is 3.40. The second-order valence-corrected chi connectivity index (χ2v) is 2.61. The van der Waals surface area contributed by atoms with Crippen LogP contribution in [-0.2, 0) is 0 Å². The molecule has 0 unspecified atom stereocenters. The van der Waals surface area contributed by atoms with Gasteiger partial charge in [-0.15, -0.1) is 0 Å². The molecule has 12 heavy (non-hydrogen) atoms. The minimum absolute atomic E-state index is 0.462. The number of hydrogen-bond acceptors (Lipinski definition) is 3. The van der Waals surface area contributed by atoms with Crippen LogP contribution < -0.4 is 4.84 Å². The van der Waals surface area contributed by atoms with Crippen LogP contribution in [0.4, 0.5) is 0 Å². The fraction of sp³-hybridized carbons (Fsp3) is 0.250. The molecule has 1 aromatic heterocycles. The van der Waals surface area contributed by atoms with Crippen molar-refractivity contribution in [2.75, 3.05) is 0 Å². The van der Waals surface area contributed by atoms with Gasteiger partial charge >= 0.3 is 0 Å². The zero-order chi connectivity index (χ0) is 8.97. The number of hydrogen-bond donors (Lipinski definition) is 0. The van der Waals surface area contributed by atoms with E-state index < -0.39 is 0 Å². The molecule has 0 fully saturated rings. The maximum Gasteiger partial charge on any atom is 0.249 e. The number of rotatable bonds is 2. The number of aryl methyl sites for hydroxylation is 2. The third kappa shape index (κ3) is 2.51. The molecule has 0 N–H and O–H groups in total. The van der Waals surface area contributed by atoms with Gasteiger partial charge < -0.3 is 4.84 Å². The van der Waals surface area contributed by atoms with E-state index >= 15 is 0 Å². The van der Waals surface area contributed by atoms with Gasteiger partial charge in [-0.2, -0.15) is 0 Å². The van der Waals surface area contributed by atoms with Gasteiger partial charge in [-0.25, -0.2) is 4.98 Å². The van der Waals surface area contributed by atoms with Crippen molar-refractivity contribution in [2.24, 2.45) is 5.16 Å². The lowest BCUT2D eigenvalue weighted by atomic mass is 10.2. The van der Waals surface area contributed by atoms with E-state index in [0.717, 1.165) is 16.9 Å². The molecule has 64 valence electrons. The summed E-state index contributed by atoms with van der Waals surface area (Å²) in [5.74, 6) is 0.462. The van der Waals surface area contributed by atoms with Gasteiger partial charge in [0.25, 0.3) is 0 Å². The van der Waals surface area contributed by atoms with Crippen molar-refractivity contribution in [2.45, 2.75) is 13.8 Å². The molecule has 1 heterocycles. The normalized spacial score (nSPS) is 10.6. The topological polar surface area (TPSA) is 34.5 Å². The van der Waals surface area contributed by atoms with Crippen molar-refractivity contribution in [3.05, 3.63) is 23.4 Å². The highest BCUT2D eigenvalue weighted by molar-refractivity contribution is 6.56. The van der Waals surface area contributed by atoms with Crippen molar-refractivity contribution in [3.8, 4) is 5.88 Å². The van der Waals surface area contributed by atoms with Crippen LogP contribution in [0.3, 0.4) is 0 Å². The molecule has 1 aromatic rings. The summed E-state index contributed by atoms with van der Waals surface area (Å²) in [4.78, 5) is 8.92.